The van der Waals surface area contributed by atoms with Gasteiger partial charge in [-0.15, -0.1) is 16.4 Å². The number of carbonyl (C=O) groups excluding carboxylic acids is 1. The number of thiophene rings is 1. The number of hydrogen-bond acceptors (Lipinski definition) is 7. The number of hydrogen-bond donors (Lipinski definition) is 1. The lowest BCUT2D eigenvalue weighted by Gasteiger charge is -2.07. The predicted octanol–water partition coefficient (Wildman–Crippen LogP) is 3.19. The molecular weight excluding hydrogens is 356 g/mol. The van der Waals surface area contributed by atoms with Gasteiger partial charge in [-0.25, -0.2) is 4.68 Å². The first-order valence-corrected chi connectivity index (χ1v) is 10.2. The maximum absolute atomic E-state index is 12.3. The van der Waals surface area contributed by atoms with Gasteiger partial charge in [0.05, 0.1) is 17.4 Å². The second-order valence-corrected chi connectivity index (χ2v) is 8.26. The molecule has 25 heavy (non-hydrogen) atoms. The molecule has 0 fully saturated rings. The fourth-order valence-corrected chi connectivity index (χ4v) is 4.91. The number of aromatic nitrogens is 4. The Bertz CT molecular complexity index is 804. The third-order valence-electron chi connectivity index (χ3n) is 4.07. The number of anilines is 1. The molecule has 2 aromatic heterocycles. The van der Waals surface area contributed by atoms with Crippen LogP contribution < -0.4 is 5.32 Å². The molecule has 2 heterocycles. The number of tetrazole rings is 1. The Hall–Kier alpha value is -1.92. The van der Waals surface area contributed by atoms with Crippen molar-refractivity contribution in [1.82, 2.24) is 20.2 Å². The summed E-state index contributed by atoms with van der Waals surface area (Å²) in [5.41, 5.74) is 1.78. The maximum Gasteiger partial charge on any atom is 0.235 e. The van der Waals surface area contributed by atoms with Crippen molar-refractivity contribution in [2.75, 3.05) is 11.1 Å². The van der Waals surface area contributed by atoms with E-state index < -0.39 is 0 Å². The van der Waals surface area contributed by atoms with Gasteiger partial charge in [-0.1, -0.05) is 18.2 Å². The first-order chi connectivity index (χ1) is 12.1. The number of nitrogens with zero attached hydrogens (tertiary/aromatic N) is 5. The van der Waals surface area contributed by atoms with Gasteiger partial charge in [0.15, 0.2) is 0 Å². The van der Waals surface area contributed by atoms with Gasteiger partial charge >= 0.3 is 0 Å². The van der Waals surface area contributed by atoms with Crippen LogP contribution in [0.25, 0.3) is 0 Å². The standard InChI is InChI=1S/C16H20N6OS2/c1-10(2)22-16(19-20-21-22)24-9-14(23)18-15-12(8-17)11-6-4-3-5-7-13(11)25-15/h10H,3-7,9H2,1-2H3,(H,18,23). The molecule has 9 heteroatoms. The zero-order valence-corrected chi connectivity index (χ0v) is 15.9. The van der Waals surface area contributed by atoms with Crippen LogP contribution >= 0.6 is 23.1 Å². The van der Waals surface area contributed by atoms with Crippen LogP contribution in [0.15, 0.2) is 5.16 Å². The van der Waals surface area contributed by atoms with Crippen LogP contribution in [0.1, 0.15) is 55.2 Å². The summed E-state index contributed by atoms with van der Waals surface area (Å²) in [6.07, 6.45) is 5.40. The predicted molar refractivity (Wildman–Crippen MR) is 97.8 cm³/mol. The van der Waals surface area contributed by atoms with E-state index in [1.54, 1.807) is 16.0 Å². The van der Waals surface area contributed by atoms with Crippen LogP contribution in [0.5, 0.6) is 0 Å². The fourth-order valence-electron chi connectivity index (χ4n) is 2.85. The number of fused-ring (bicyclic) bond motifs is 1. The van der Waals surface area contributed by atoms with E-state index in [0.717, 1.165) is 31.2 Å². The van der Waals surface area contributed by atoms with E-state index in [4.69, 9.17) is 0 Å². The summed E-state index contributed by atoms with van der Waals surface area (Å²) in [5, 5.41) is 25.3. The molecule has 1 N–H and O–H groups in total. The van der Waals surface area contributed by atoms with Crippen LogP contribution in [-0.2, 0) is 17.6 Å². The normalized spacial score (nSPS) is 14.0. The van der Waals surface area contributed by atoms with E-state index >= 15 is 0 Å². The third kappa shape index (κ3) is 4.02. The van der Waals surface area contributed by atoms with Gasteiger partial charge in [0.1, 0.15) is 11.1 Å². The Balaban J connectivity index is 1.67. The number of nitriles is 1. The Kier molecular flexibility index (Phi) is 5.71. The molecule has 0 bridgehead atoms. The molecule has 2 aromatic rings. The summed E-state index contributed by atoms with van der Waals surface area (Å²) >= 11 is 2.85. The van der Waals surface area contributed by atoms with Crippen LogP contribution in [0, 0.1) is 11.3 Å². The van der Waals surface area contributed by atoms with Gasteiger partial charge in [-0.2, -0.15) is 5.26 Å². The highest BCUT2D eigenvalue weighted by atomic mass is 32.2. The van der Waals surface area contributed by atoms with Crippen LogP contribution in [0.4, 0.5) is 5.00 Å². The minimum atomic E-state index is -0.142. The quantitative estimate of drug-likeness (QED) is 0.636. The second kappa shape index (κ2) is 7.97. The van der Waals surface area contributed by atoms with Crippen LogP contribution in [-0.4, -0.2) is 31.9 Å². The molecule has 0 aromatic carbocycles. The molecule has 1 amide bonds. The molecule has 0 saturated carbocycles. The Morgan fingerprint density at radius 3 is 2.96 bits per heavy atom. The molecule has 7 nitrogen and oxygen atoms in total. The van der Waals surface area contributed by atoms with Crippen LogP contribution in [0.3, 0.4) is 0 Å². The molecule has 0 atom stereocenters. The maximum atomic E-state index is 12.3. The van der Waals surface area contributed by atoms with Gasteiger partial charge in [0.25, 0.3) is 0 Å². The van der Waals surface area contributed by atoms with E-state index in [0.29, 0.717) is 15.7 Å². The Morgan fingerprint density at radius 1 is 1.40 bits per heavy atom. The van der Waals surface area contributed by atoms with Crippen molar-refractivity contribution in [3.8, 4) is 6.07 Å². The van der Waals surface area contributed by atoms with E-state index in [-0.39, 0.29) is 17.7 Å². The lowest BCUT2D eigenvalue weighted by molar-refractivity contribution is -0.113. The van der Waals surface area contributed by atoms with Crippen molar-refractivity contribution in [3.05, 3.63) is 16.0 Å². The molecule has 1 aliphatic carbocycles. The van der Waals surface area contributed by atoms with Crippen molar-refractivity contribution < 1.29 is 4.79 Å². The summed E-state index contributed by atoms with van der Waals surface area (Å²) in [5.74, 6) is 0.0665. The third-order valence-corrected chi connectivity index (χ3v) is 6.21. The molecular formula is C16H20N6OS2. The van der Waals surface area contributed by atoms with Crippen molar-refractivity contribution in [3.63, 3.8) is 0 Å². The summed E-state index contributed by atoms with van der Waals surface area (Å²) in [4.78, 5) is 13.6. The monoisotopic (exact) mass is 376 g/mol. The first-order valence-electron chi connectivity index (χ1n) is 8.35. The average molecular weight is 377 g/mol. The van der Waals surface area contributed by atoms with Crippen molar-refractivity contribution >= 4 is 34.0 Å². The van der Waals surface area contributed by atoms with E-state index in [1.807, 2.05) is 13.8 Å². The first kappa shape index (κ1) is 17.9. The molecule has 132 valence electrons. The Labute approximate surface area is 154 Å². The fraction of sp³-hybridized carbons (Fsp3) is 0.562. The smallest absolute Gasteiger partial charge is 0.235 e. The summed E-state index contributed by atoms with van der Waals surface area (Å²) < 4.78 is 1.69. The molecule has 0 saturated heterocycles. The highest BCUT2D eigenvalue weighted by molar-refractivity contribution is 7.99. The second-order valence-electron chi connectivity index (χ2n) is 6.22. The van der Waals surface area contributed by atoms with Gasteiger partial charge in [-0.05, 0) is 55.5 Å². The van der Waals surface area contributed by atoms with Gasteiger partial charge < -0.3 is 5.32 Å². The van der Waals surface area contributed by atoms with Gasteiger partial charge in [0.2, 0.25) is 11.1 Å². The number of nitrogens with one attached hydrogen (secondary N) is 1. The van der Waals surface area contributed by atoms with Crippen molar-refractivity contribution in [1.29, 1.82) is 5.26 Å². The molecule has 0 unspecified atom stereocenters. The summed E-state index contributed by atoms with van der Waals surface area (Å²) in [6.45, 7) is 3.97. The molecule has 1 aliphatic rings. The number of thioether (sulfide) groups is 1. The van der Waals surface area contributed by atoms with E-state index in [9.17, 15) is 10.1 Å². The molecule has 3 rings (SSSR count). The van der Waals surface area contributed by atoms with Crippen molar-refractivity contribution in [2.24, 2.45) is 0 Å². The van der Waals surface area contributed by atoms with E-state index in [1.165, 1.54) is 23.1 Å². The average Bonchev–Trinajstić information content (AvgIpc) is 3.11. The molecule has 0 radical (unpaired) electrons. The van der Waals surface area contributed by atoms with Crippen LogP contribution in [0.2, 0.25) is 0 Å². The zero-order chi connectivity index (χ0) is 17.8. The minimum absolute atomic E-state index is 0.138. The van der Waals surface area contributed by atoms with Gasteiger partial charge in [0, 0.05) is 4.88 Å². The number of rotatable bonds is 5. The lowest BCUT2D eigenvalue weighted by Crippen LogP contribution is -2.15. The molecule has 0 spiro atoms. The zero-order valence-electron chi connectivity index (χ0n) is 14.3. The molecule has 0 aliphatic heterocycles. The highest BCUT2D eigenvalue weighted by Gasteiger charge is 2.21. The SMILES string of the molecule is CC(C)n1nnnc1SCC(=O)Nc1sc2c(c1C#N)CCCCC2. The number of amides is 1. The minimum Gasteiger partial charge on any atom is -0.316 e. The number of carbonyl (C=O) groups is 1. The Morgan fingerprint density at radius 2 is 2.20 bits per heavy atom. The van der Waals surface area contributed by atoms with Crippen molar-refractivity contribution in [2.45, 2.75) is 57.1 Å². The van der Waals surface area contributed by atoms with E-state index in [2.05, 4.69) is 26.9 Å². The summed E-state index contributed by atoms with van der Waals surface area (Å²) in [6, 6.07) is 2.42. The topological polar surface area (TPSA) is 96.5 Å². The highest BCUT2D eigenvalue weighted by Crippen LogP contribution is 2.37. The largest absolute Gasteiger partial charge is 0.316 e. The lowest BCUT2D eigenvalue weighted by atomic mass is 10.1. The number of aryl methyl sites for hydroxylation is 1. The summed E-state index contributed by atoms with van der Waals surface area (Å²) in [7, 11) is 0. The van der Waals surface area contributed by atoms with Gasteiger partial charge in [-0.3, -0.25) is 4.79 Å².